The molecule has 0 saturated carbocycles. The molecule has 0 bridgehead atoms. The van der Waals surface area contributed by atoms with Gasteiger partial charge in [-0.3, -0.25) is 9.59 Å². The first-order chi connectivity index (χ1) is 17.2. The molecule has 8 nitrogen and oxygen atoms in total. The summed E-state index contributed by atoms with van der Waals surface area (Å²) in [4.78, 5) is 25.1. The number of nitrogens with one attached hydrogen (secondary N) is 1. The van der Waals surface area contributed by atoms with Gasteiger partial charge in [-0.15, -0.1) is 0 Å². The van der Waals surface area contributed by atoms with E-state index < -0.39 is 23.3 Å². The van der Waals surface area contributed by atoms with Crippen LogP contribution in [-0.4, -0.2) is 48.5 Å². The zero-order valence-electron chi connectivity index (χ0n) is 20.6. The molecule has 2 aromatic carbocycles. The summed E-state index contributed by atoms with van der Waals surface area (Å²) in [6.07, 6.45) is 0.930. The van der Waals surface area contributed by atoms with Crippen molar-refractivity contribution in [1.82, 2.24) is 10.5 Å². The lowest BCUT2D eigenvalue weighted by Crippen LogP contribution is -2.43. The second-order valence-electron chi connectivity index (χ2n) is 8.83. The van der Waals surface area contributed by atoms with Crippen molar-refractivity contribution in [2.24, 2.45) is 5.41 Å². The number of halogens is 1. The average Bonchev–Trinajstić information content (AvgIpc) is 3.34. The molecule has 0 fully saturated rings. The number of hydrogen-bond donors (Lipinski definition) is 2. The van der Waals surface area contributed by atoms with Crippen molar-refractivity contribution in [3.63, 3.8) is 0 Å². The summed E-state index contributed by atoms with van der Waals surface area (Å²) in [5.41, 5.74) is 1.83. The normalized spacial score (nSPS) is 13.6. The number of rotatable bonds is 13. The van der Waals surface area contributed by atoms with Gasteiger partial charge in [0.2, 0.25) is 5.76 Å². The summed E-state index contributed by atoms with van der Waals surface area (Å²) in [7, 11) is 1.42. The van der Waals surface area contributed by atoms with Crippen molar-refractivity contribution in [2.45, 2.75) is 39.2 Å². The molecule has 9 heteroatoms. The smallest absolute Gasteiger partial charge is 0.309 e. The van der Waals surface area contributed by atoms with Gasteiger partial charge in [0.25, 0.3) is 11.8 Å². The van der Waals surface area contributed by atoms with Gasteiger partial charge in [0.05, 0.1) is 18.6 Å². The molecule has 0 saturated heterocycles. The highest BCUT2D eigenvalue weighted by Crippen LogP contribution is 2.30. The minimum atomic E-state index is -1.10. The van der Waals surface area contributed by atoms with Crippen molar-refractivity contribution in [3.05, 3.63) is 70.9 Å². The Morgan fingerprint density at radius 2 is 1.92 bits per heavy atom. The number of nitrogens with zero attached hydrogens (tertiary/aromatic N) is 1. The van der Waals surface area contributed by atoms with E-state index in [2.05, 4.69) is 10.5 Å². The molecule has 1 heterocycles. The lowest BCUT2D eigenvalue weighted by molar-refractivity contribution is -0.150. The fraction of sp³-hybridized carbons (Fsp3) is 0.370. The number of methoxy groups -OCH3 is 1. The highest BCUT2D eigenvalue weighted by molar-refractivity contribution is 6.30. The van der Waals surface area contributed by atoms with Gasteiger partial charge >= 0.3 is 5.97 Å². The molecular formula is C27H31ClN2O6. The minimum absolute atomic E-state index is 0.0144. The van der Waals surface area contributed by atoms with Gasteiger partial charge in [-0.05, 0) is 67.1 Å². The zero-order valence-corrected chi connectivity index (χ0v) is 21.4. The molecule has 2 N–H and O–H groups in total. The third kappa shape index (κ3) is 7.32. The maximum Gasteiger partial charge on any atom is 0.309 e. The van der Waals surface area contributed by atoms with Crippen LogP contribution in [0.15, 0.2) is 59.1 Å². The Hall–Kier alpha value is -3.36. The van der Waals surface area contributed by atoms with E-state index in [-0.39, 0.29) is 18.1 Å². The van der Waals surface area contributed by atoms with Crippen LogP contribution >= 0.6 is 11.6 Å². The van der Waals surface area contributed by atoms with Crippen LogP contribution in [-0.2, 0) is 16.0 Å². The summed E-state index contributed by atoms with van der Waals surface area (Å²) in [5.74, 6) is -1.28. The Morgan fingerprint density at radius 3 is 2.53 bits per heavy atom. The summed E-state index contributed by atoms with van der Waals surface area (Å²) >= 11 is 6.12. The van der Waals surface area contributed by atoms with Gasteiger partial charge in [0, 0.05) is 24.3 Å². The van der Waals surface area contributed by atoms with Crippen LogP contribution in [0, 0.1) is 5.41 Å². The Kier molecular flexibility index (Phi) is 9.50. The van der Waals surface area contributed by atoms with Crippen LogP contribution in [0.25, 0.3) is 11.1 Å². The largest absolute Gasteiger partial charge is 0.481 e. The van der Waals surface area contributed by atoms with Gasteiger partial charge in [-0.2, -0.15) is 0 Å². The number of carboxylic acid groups (broad SMARTS) is 1. The third-order valence-corrected chi connectivity index (χ3v) is 6.30. The van der Waals surface area contributed by atoms with E-state index in [9.17, 15) is 14.7 Å². The monoisotopic (exact) mass is 514 g/mol. The number of hydrogen-bond acceptors (Lipinski definition) is 6. The van der Waals surface area contributed by atoms with E-state index in [1.165, 1.54) is 13.2 Å². The molecule has 3 rings (SSSR count). The highest BCUT2D eigenvalue weighted by Gasteiger charge is 2.36. The third-order valence-electron chi connectivity index (χ3n) is 6.07. The highest BCUT2D eigenvalue weighted by atomic mass is 35.5. The van der Waals surface area contributed by atoms with E-state index >= 15 is 0 Å². The number of carboxylic acids is 1. The fourth-order valence-electron chi connectivity index (χ4n) is 3.96. The van der Waals surface area contributed by atoms with Crippen molar-refractivity contribution in [1.29, 1.82) is 0 Å². The molecule has 0 radical (unpaired) electrons. The summed E-state index contributed by atoms with van der Waals surface area (Å²) < 4.78 is 15.5. The predicted molar refractivity (Wildman–Crippen MR) is 136 cm³/mol. The lowest BCUT2D eigenvalue weighted by Gasteiger charge is -2.30. The molecule has 192 valence electrons. The summed E-state index contributed by atoms with van der Waals surface area (Å²) in [6.45, 7) is 4.35. The van der Waals surface area contributed by atoms with Gasteiger partial charge in [0.15, 0.2) is 0 Å². The Labute approximate surface area is 215 Å². The van der Waals surface area contributed by atoms with Gasteiger partial charge in [-0.1, -0.05) is 48.0 Å². The minimum Gasteiger partial charge on any atom is -0.481 e. The second-order valence-corrected chi connectivity index (χ2v) is 9.27. The number of aromatic nitrogens is 1. The molecular weight excluding hydrogens is 484 g/mol. The predicted octanol–water partition coefficient (Wildman–Crippen LogP) is 5.25. The molecule has 0 aliphatic carbocycles. The molecule has 3 aromatic rings. The van der Waals surface area contributed by atoms with Crippen LogP contribution < -0.4 is 10.1 Å². The molecule has 1 unspecified atom stereocenters. The molecule has 1 amide bonds. The van der Waals surface area contributed by atoms with Gasteiger partial charge in [-0.25, -0.2) is 0 Å². The molecule has 1 aromatic heterocycles. The van der Waals surface area contributed by atoms with Crippen molar-refractivity contribution >= 4 is 23.5 Å². The SMILES string of the molecule is CCOCCC(C)(C[C@@H](Cc1ccc(-c2cccc(Cl)c2)cc1)NC(=O)c1cc(OC)no1)C(=O)O. The number of benzene rings is 2. The second kappa shape index (κ2) is 12.6. The van der Waals surface area contributed by atoms with Crippen LogP contribution in [0.2, 0.25) is 5.02 Å². The topological polar surface area (TPSA) is 111 Å². The number of amides is 1. The first-order valence-electron chi connectivity index (χ1n) is 11.7. The fourth-order valence-corrected chi connectivity index (χ4v) is 4.15. The Bertz CT molecular complexity index is 1160. The first kappa shape index (κ1) is 27.2. The van der Waals surface area contributed by atoms with E-state index in [1.54, 1.807) is 6.92 Å². The maximum atomic E-state index is 12.9. The van der Waals surface area contributed by atoms with Crippen LogP contribution in [0.4, 0.5) is 0 Å². The molecule has 2 atom stereocenters. The summed E-state index contributed by atoms with van der Waals surface area (Å²) in [5, 5.41) is 17.2. The molecule has 36 heavy (non-hydrogen) atoms. The number of ether oxygens (including phenoxy) is 2. The van der Waals surface area contributed by atoms with Crippen LogP contribution in [0.1, 0.15) is 42.8 Å². The standard InChI is InChI=1S/C27H31ClN2O6/c1-4-35-13-12-27(2,26(32)33)17-22(29-25(31)23-16-24(34-3)30-36-23)14-18-8-10-19(11-9-18)20-6-5-7-21(28)15-20/h5-11,15-16,22H,4,12-14,17H2,1-3H3,(H,29,31)(H,32,33)/t22-,27?/m1/s1. The first-order valence-corrected chi connectivity index (χ1v) is 12.1. The maximum absolute atomic E-state index is 12.9. The van der Waals surface area contributed by atoms with E-state index in [4.69, 9.17) is 25.6 Å². The lowest BCUT2D eigenvalue weighted by atomic mass is 9.79. The van der Waals surface area contributed by atoms with Crippen molar-refractivity contribution in [3.8, 4) is 17.0 Å². The summed E-state index contributed by atoms with van der Waals surface area (Å²) in [6, 6.07) is 16.4. The zero-order chi connectivity index (χ0) is 26.1. The van der Waals surface area contributed by atoms with E-state index in [1.807, 2.05) is 55.5 Å². The van der Waals surface area contributed by atoms with Crippen molar-refractivity contribution < 1.29 is 28.7 Å². The van der Waals surface area contributed by atoms with Crippen LogP contribution in [0.3, 0.4) is 0 Å². The van der Waals surface area contributed by atoms with E-state index in [0.29, 0.717) is 31.1 Å². The quantitative estimate of drug-likeness (QED) is 0.299. The molecule has 0 aliphatic rings. The molecule has 0 spiro atoms. The van der Waals surface area contributed by atoms with Crippen molar-refractivity contribution in [2.75, 3.05) is 20.3 Å². The van der Waals surface area contributed by atoms with E-state index in [0.717, 1.165) is 16.7 Å². The Morgan fingerprint density at radius 1 is 1.17 bits per heavy atom. The molecule has 0 aliphatic heterocycles. The number of carbonyl (C=O) groups excluding carboxylic acids is 1. The number of aliphatic carboxylic acids is 1. The average molecular weight is 515 g/mol. The van der Waals surface area contributed by atoms with Gasteiger partial charge in [0.1, 0.15) is 0 Å². The van der Waals surface area contributed by atoms with Crippen LogP contribution in [0.5, 0.6) is 5.88 Å². The Balaban J connectivity index is 1.81. The number of carbonyl (C=O) groups is 2. The van der Waals surface area contributed by atoms with Gasteiger partial charge < -0.3 is 24.4 Å².